The Bertz CT molecular complexity index is 1170. The Labute approximate surface area is 182 Å². The van der Waals surface area contributed by atoms with Crippen molar-refractivity contribution in [3.8, 4) is 11.5 Å². The van der Waals surface area contributed by atoms with Crippen molar-refractivity contribution >= 4 is 27.3 Å². The quantitative estimate of drug-likeness (QED) is 0.540. The van der Waals surface area contributed by atoms with Crippen LogP contribution in [0.3, 0.4) is 0 Å². The van der Waals surface area contributed by atoms with E-state index in [1.165, 1.54) is 13.2 Å². The van der Waals surface area contributed by atoms with Crippen molar-refractivity contribution in [3.05, 3.63) is 77.9 Å². The molecule has 1 amide bonds. The molecule has 3 rings (SSSR count). The summed E-state index contributed by atoms with van der Waals surface area (Å²) in [5, 5.41) is 2.76. The molecule has 0 saturated carbocycles. The highest BCUT2D eigenvalue weighted by atomic mass is 32.2. The van der Waals surface area contributed by atoms with Gasteiger partial charge < -0.3 is 14.8 Å². The predicted molar refractivity (Wildman–Crippen MR) is 121 cm³/mol. The molecule has 0 aliphatic carbocycles. The molecule has 0 aliphatic heterocycles. The smallest absolute Gasteiger partial charge is 0.262 e. The number of aryl methyl sites for hydroxylation is 1. The summed E-state index contributed by atoms with van der Waals surface area (Å²) in [4.78, 5) is 12.7. The van der Waals surface area contributed by atoms with Crippen LogP contribution in [-0.2, 0) is 10.0 Å². The van der Waals surface area contributed by atoms with Crippen LogP contribution in [0.5, 0.6) is 11.5 Å². The third kappa shape index (κ3) is 5.35. The maximum atomic E-state index is 13.0. The molecule has 0 fully saturated rings. The fourth-order valence-corrected chi connectivity index (χ4v) is 4.31. The van der Waals surface area contributed by atoms with Crippen molar-refractivity contribution in [2.24, 2.45) is 0 Å². The SMILES string of the molecule is CCOc1ccc(NC(=O)c2ccc(C)c(S(=O)(=O)Nc3ccccc3OC)c2)cc1. The van der Waals surface area contributed by atoms with E-state index in [2.05, 4.69) is 10.0 Å². The number of ether oxygens (including phenoxy) is 2. The Hall–Kier alpha value is -3.52. The normalized spacial score (nSPS) is 10.9. The lowest BCUT2D eigenvalue weighted by Gasteiger charge is -2.14. The van der Waals surface area contributed by atoms with E-state index in [0.29, 0.717) is 35.0 Å². The maximum absolute atomic E-state index is 13.0. The second-order valence-corrected chi connectivity index (χ2v) is 8.35. The predicted octanol–water partition coefficient (Wildman–Crippen LogP) is 4.46. The third-order valence-electron chi connectivity index (χ3n) is 4.51. The van der Waals surface area contributed by atoms with E-state index in [1.807, 2.05) is 6.92 Å². The average molecular weight is 441 g/mol. The molecule has 7 nitrogen and oxygen atoms in total. The molecular weight excluding hydrogens is 416 g/mol. The number of benzene rings is 3. The van der Waals surface area contributed by atoms with Gasteiger partial charge in [0.15, 0.2) is 0 Å². The first-order valence-corrected chi connectivity index (χ1v) is 11.1. The summed E-state index contributed by atoms with van der Waals surface area (Å²) in [6, 6.07) is 18.2. The Kier molecular flexibility index (Phi) is 6.81. The van der Waals surface area contributed by atoms with Crippen LogP contribution in [0.15, 0.2) is 71.6 Å². The zero-order valence-corrected chi connectivity index (χ0v) is 18.3. The van der Waals surface area contributed by atoms with Gasteiger partial charge in [-0.25, -0.2) is 8.42 Å². The monoisotopic (exact) mass is 440 g/mol. The van der Waals surface area contributed by atoms with Gasteiger partial charge in [0.05, 0.1) is 24.3 Å². The summed E-state index contributed by atoms with van der Waals surface area (Å²) in [6.45, 7) is 4.11. The van der Waals surface area contributed by atoms with Gasteiger partial charge in [-0.15, -0.1) is 0 Å². The molecular formula is C23H24N2O5S. The number of sulfonamides is 1. The number of amides is 1. The van der Waals surface area contributed by atoms with E-state index in [9.17, 15) is 13.2 Å². The molecule has 0 aliphatic rings. The van der Waals surface area contributed by atoms with Crippen LogP contribution in [0.25, 0.3) is 0 Å². The number of rotatable bonds is 8. The molecule has 0 heterocycles. The van der Waals surface area contributed by atoms with Gasteiger partial charge in [-0.2, -0.15) is 0 Å². The molecule has 0 unspecified atom stereocenters. The zero-order chi connectivity index (χ0) is 22.4. The van der Waals surface area contributed by atoms with E-state index in [4.69, 9.17) is 9.47 Å². The molecule has 0 radical (unpaired) electrons. The fourth-order valence-electron chi connectivity index (χ4n) is 2.96. The Morgan fingerprint density at radius 1 is 1.00 bits per heavy atom. The van der Waals surface area contributed by atoms with Crippen LogP contribution >= 0.6 is 0 Å². The lowest BCUT2D eigenvalue weighted by Crippen LogP contribution is -2.17. The van der Waals surface area contributed by atoms with Crippen LogP contribution in [0.2, 0.25) is 0 Å². The minimum atomic E-state index is -3.94. The lowest BCUT2D eigenvalue weighted by molar-refractivity contribution is 0.102. The largest absolute Gasteiger partial charge is 0.495 e. The van der Waals surface area contributed by atoms with Crippen LogP contribution in [-0.4, -0.2) is 28.0 Å². The van der Waals surface area contributed by atoms with E-state index in [0.717, 1.165) is 0 Å². The van der Waals surface area contributed by atoms with Crippen molar-refractivity contribution in [2.75, 3.05) is 23.8 Å². The number of nitrogens with one attached hydrogen (secondary N) is 2. The van der Waals surface area contributed by atoms with Crippen molar-refractivity contribution in [1.29, 1.82) is 0 Å². The molecule has 8 heteroatoms. The number of carbonyl (C=O) groups is 1. The van der Waals surface area contributed by atoms with E-state index in [1.54, 1.807) is 67.6 Å². The van der Waals surface area contributed by atoms with Crippen molar-refractivity contribution in [1.82, 2.24) is 0 Å². The highest BCUT2D eigenvalue weighted by Gasteiger charge is 2.21. The second-order valence-electron chi connectivity index (χ2n) is 6.70. The van der Waals surface area contributed by atoms with Crippen LogP contribution in [0.1, 0.15) is 22.8 Å². The van der Waals surface area contributed by atoms with Crippen molar-refractivity contribution < 1.29 is 22.7 Å². The van der Waals surface area contributed by atoms with Crippen molar-refractivity contribution in [2.45, 2.75) is 18.7 Å². The Morgan fingerprint density at radius 3 is 2.39 bits per heavy atom. The first kappa shape index (κ1) is 22.2. The summed E-state index contributed by atoms with van der Waals surface area (Å²) in [5.74, 6) is 0.678. The molecule has 0 bridgehead atoms. The molecule has 162 valence electrons. The Morgan fingerprint density at radius 2 is 1.71 bits per heavy atom. The van der Waals surface area contributed by atoms with E-state index in [-0.39, 0.29) is 10.5 Å². The summed E-state index contributed by atoms with van der Waals surface area (Å²) in [7, 11) is -2.48. The number of carbonyl (C=O) groups excluding carboxylic acids is 1. The zero-order valence-electron chi connectivity index (χ0n) is 17.5. The van der Waals surface area contributed by atoms with Crippen molar-refractivity contribution in [3.63, 3.8) is 0 Å². The number of hydrogen-bond donors (Lipinski definition) is 2. The molecule has 0 aromatic heterocycles. The molecule has 0 atom stereocenters. The molecule has 0 saturated heterocycles. The molecule has 31 heavy (non-hydrogen) atoms. The highest BCUT2D eigenvalue weighted by Crippen LogP contribution is 2.27. The summed E-state index contributed by atoms with van der Waals surface area (Å²) >= 11 is 0. The molecule has 2 N–H and O–H groups in total. The molecule has 3 aromatic carbocycles. The van der Waals surface area contributed by atoms with Gasteiger partial charge in [0.25, 0.3) is 15.9 Å². The topological polar surface area (TPSA) is 93.7 Å². The summed E-state index contributed by atoms with van der Waals surface area (Å²) in [5.41, 5.74) is 1.62. The number of para-hydroxylation sites is 2. The third-order valence-corrected chi connectivity index (χ3v) is 6.02. The highest BCUT2D eigenvalue weighted by molar-refractivity contribution is 7.92. The standard InChI is InChI=1S/C23H24N2O5S/c1-4-30-19-13-11-18(12-14-19)24-23(26)17-10-9-16(2)22(15-17)31(27,28)25-20-7-5-6-8-21(20)29-3/h5-15,25H,4H2,1-3H3,(H,24,26). The summed E-state index contributed by atoms with van der Waals surface area (Å²) in [6.07, 6.45) is 0. The van der Waals surface area contributed by atoms with Crippen LogP contribution in [0, 0.1) is 6.92 Å². The van der Waals surface area contributed by atoms with Gasteiger partial charge in [-0.05, 0) is 67.9 Å². The first-order valence-electron chi connectivity index (χ1n) is 9.64. The molecule has 0 spiro atoms. The van der Waals surface area contributed by atoms with E-state index < -0.39 is 15.9 Å². The van der Waals surface area contributed by atoms with Gasteiger partial charge in [0, 0.05) is 11.3 Å². The minimum Gasteiger partial charge on any atom is -0.495 e. The number of anilines is 2. The van der Waals surface area contributed by atoms with Gasteiger partial charge in [-0.3, -0.25) is 9.52 Å². The van der Waals surface area contributed by atoms with Gasteiger partial charge in [0.2, 0.25) is 0 Å². The number of hydrogen-bond acceptors (Lipinski definition) is 5. The number of methoxy groups -OCH3 is 1. The summed E-state index contributed by atoms with van der Waals surface area (Å²) < 4.78 is 39.1. The second kappa shape index (κ2) is 9.53. The van der Waals surface area contributed by atoms with Crippen LogP contribution < -0.4 is 19.5 Å². The first-order chi connectivity index (χ1) is 14.8. The fraction of sp³-hybridized carbons (Fsp3) is 0.174. The minimum absolute atomic E-state index is 0.0118. The van der Waals surface area contributed by atoms with Gasteiger partial charge >= 0.3 is 0 Å². The molecule has 3 aromatic rings. The Balaban J connectivity index is 1.84. The van der Waals surface area contributed by atoms with E-state index >= 15 is 0 Å². The van der Waals surface area contributed by atoms with Gasteiger partial charge in [0.1, 0.15) is 11.5 Å². The lowest BCUT2D eigenvalue weighted by atomic mass is 10.1. The maximum Gasteiger partial charge on any atom is 0.262 e. The average Bonchev–Trinajstić information content (AvgIpc) is 2.75. The van der Waals surface area contributed by atoms with Crippen LogP contribution in [0.4, 0.5) is 11.4 Å². The van der Waals surface area contributed by atoms with Gasteiger partial charge in [-0.1, -0.05) is 18.2 Å².